The summed E-state index contributed by atoms with van der Waals surface area (Å²) in [7, 11) is 0. The van der Waals surface area contributed by atoms with Crippen LogP contribution < -0.4 is 5.32 Å². The van der Waals surface area contributed by atoms with Crippen LogP contribution in [0.3, 0.4) is 0 Å². The zero-order chi connectivity index (χ0) is 11.6. The summed E-state index contributed by atoms with van der Waals surface area (Å²) >= 11 is 0. The minimum absolute atomic E-state index is 0.243. The zero-order valence-electron chi connectivity index (χ0n) is 9.91. The van der Waals surface area contributed by atoms with Crippen LogP contribution in [-0.4, -0.2) is 28.9 Å². The molecule has 1 fully saturated rings. The van der Waals surface area contributed by atoms with E-state index in [9.17, 15) is 9.90 Å². The van der Waals surface area contributed by atoms with Crippen LogP contribution in [0.4, 0.5) is 4.79 Å². The molecule has 4 nitrogen and oxygen atoms in total. The molecule has 0 aromatic rings. The highest BCUT2D eigenvalue weighted by molar-refractivity contribution is 5.68. The molecule has 1 saturated carbocycles. The molecule has 15 heavy (non-hydrogen) atoms. The molecule has 1 aliphatic carbocycles. The number of rotatable bonds is 3. The van der Waals surface area contributed by atoms with Crippen molar-refractivity contribution in [3.8, 4) is 0 Å². The summed E-state index contributed by atoms with van der Waals surface area (Å²) in [5, 5.41) is 12.4. The summed E-state index contributed by atoms with van der Waals surface area (Å²) in [6, 6.07) is -0.243. The van der Waals surface area contributed by atoms with E-state index >= 15 is 0 Å². The highest BCUT2D eigenvalue weighted by Crippen LogP contribution is 2.33. The molecule has 0 bridgehead atoms. The summed E-state index contributed by atoms with van der Waals surface area (Å²) in [6.07, 6.45) is 1.20. The van der Waals surface area contributed by atoms with Gasteiger partial charge in [-0.3, -0.25) is 0 Å². The number of aliphatic hydroxyl groups is 1. The SMILES string of the molecule is C[C@H](NC(=O)OC(C)(C)C)[C@H](O)C1CC1. The van der Waals surface area contributed by atoms with Crippen molar-refractivity contribution in [2.75, 3.05) is 0 Å². The van der Waals surface area contributed by atoms with E-state index < -0.39 is 17.8 Å². The minimum atomic E-state index is -0.492. The summed E-state index contributed by atoms with van der Waals surface area (Å²) in [5.74, 6) is 0.356. The smallest absolute Gasteiger partial charge is 0.407 e. The molecular formula is C11H21NO3. The van der Waals surface area contributed by atoms with E-state index in [-0.39, 0.29) is 6.04 Å². The Morgan fingerprint density at radius 1 is 1.47 bits per heavy atom. The number of hydrogen-bond donors (Lipinski definition) is 2. The fourth-order valence-corrected chi connectivity index (χ4v) is 1.42. The van der Waals surface area contributed by atoms with Crippen molar-refractivity contribution >= 4 is 6.09 Å². The van der Waals surface area contributed by atoms with Gasteiger partial charge in [0.2, 0.25) is 0 Å². The van der Waals surface area contributed by atoms with Gasteiger partial charge in [-0.25, -0.2) is 4.79 Å². The number of nitrogens with one attached hydrogen (secondary N) is 1. The second kappa shape index (κ2) is 4.39. The third-order valence-corrected chi connectivity index (χ3v) is 2.36. The van der Waals surface area contributed by atoms with Crippen molar-refractivity contribution in [2.45, 2.75) is 58.3 Å². The lowest BCUT2D eigenvalue weighted by molar-refractivity contribution is 0.0415. The van der Waals surface area contributed by atoms with Crippen LogP contribution in [0.2, 0.25) is 0 Å². The Morgan fingerprint density at radius 2 is 2.00 bits per heavy atom. The Kier molecular flexibility index (Phi) is 3.60. The van der Waals surface area contributed by atoms with Gasteiger partial charge in [-0.2, -0.15) is 0 Å². The number of carbonyl (C=O) groups is 1. The first-order chi connectivity index (χ1) is 6.79. The number of alkyl carbamates (subject to hydrolysis) is 1. The number of aliphatic hydroxyl groups excluding tert-OH is 1. The van der Waals surface area contributed by atoms with E-state index in [1.807, 2.05) is 20.8 Å². The van der Waals surface area contributed by atoms with Crippen molar-refractivity contribution in [1.82, 2.24) is 5.32 Å². The van der Waals surface area contributed by atoms with Gasteiger partial charge in [0.1, 0.15) is 5.60 Å². The topological polar surface area (TPSA) is 58.6 Å². The quantitative estimate of drug-likeness (QED) is 0.753. The standard InChI is InChI=1S/C11H21NO3/c1-7(9(13)8-5-6-8)12-10(14)15-11(2,3)4/h7-9,13H,5-6H2,1-4H3,(H,12,14)/t7-,9-/m0/s1. The lowest BCUT2D eigenvalue weighted by atomic mass is 10.1. The first-order valence-electron chi connectivity index (χ1n) is 5.47. The van der Waals surface area contributed by atoms with E-state index in [4.69, 9.17) is 4.74 Å². The van der Waals surface area contributed by atoms with Gasteiger partial charge in [-0.1, -0.05) is 0 Å². The Hall–Kier alpha value is -0.770. The van der Waals surface area contributed by atoms with Crippen molar-refractivity contribution in [2.24, 2.45) is 5.92 Å². The van der Waals surface area contributed by atoms with Gasteiger partial charge in [0.15, 0.2) is 0 Å². The van der Waals surface area contributed by atoms with Crippen LogP contribution in [0.25, 0.3) is 0 Å². The number of amides is 1. The van der Waals surface area contributed by atoms with Gasteiger partial charge < -0.3 is 15.2 Å². The zero-order valence-corrected chi connectivity index (χ0v) is 9.91. The van der Waals surface area contributed by atoms with Gasteiger partial charge in [0.25, 0.3) is 0 Å². The van der Waals surface area contributed by atoms with E-state index in [2.05, 4.69) is 5.32 Å². The maximum absolute atomic E-state index is 11.4. The number of carbonyl (C=O) groups excluding carboxylic acids is 1. The third kappa shape index (κ3) is 4.51. The molecule has 0 aliphatic heterocycles. The third-order valence-electron chi connectivity index (χ3n) is 2.36. The highest BCUT2D eigenvalue weighted by Gasteiger charge is 2.34. The predicted octanol–water partition coefficient (Wildman–Crippen LogP) is 1.67. The summed E-state index contributed by atoms with van der Waals surface area (Å²) in [5.41, 5.74) is -0.492. The molecule has 1 rings (SSSR count). The fourth-order valence-electron chi connectivity index (χ4n) is 1.42. The largest absolute Gasteiger partial charge is 0.444 e. The molecule has 0 aromatic heterocycles. The van der Waals surface area contributed by atoms with Crippen LogP contribution >= 0.6 is 0 Å². The molecular weight excluding hydrogens is 194 g/mol. The van der Waals surface area contributed by atoms with Crippen molar-refractivity contribution in [1.29, 1.82) is 0 Å². The Labute approximate surface area is 91.0 Å². The fraction of sp³-hybridized carbons (Fsp3) is 0.909. The molecule has 1 amide bonds. The number of hydrogen-bond acceptors (Lipinski definition) is 3. The number of ether oxygens (including phenoxy) is 1. The molecule has 2 N–H and O–H groups in total. The first kappa shape index (κ1) is 12.3. The van der Waals surface area contributed by atoms with Crippen LogP contribution in [0.5, 0.6) is 0 Å². The molecule has 0 aromatic carbocycles. The second-order valence-electron chi connectivity index (χ2n) is 5.26. The van der Waals surface area contributed by atoms with Gasteiger partial charge >= 0.3 is 6.09 Å². The average Bonchev–Trinajstić information content (AvgIpc) is 2.80. The molecule has 88 valence electrons. The molecule has 0 spiro atoms. The maximum Gasteiger partial charge on any atom is 0.407 e. The Morgan fingerprint density at radius 3 is 2.40 bits per heavy atom. The van der Waals surface area contributed by atoms with E-state index in [1.165, 1.54) is 0 Å². The van der Waals surface area contributed by atoms with E-state index in [1.54, 1.807) is 6.92 Å². The van der Waals surface area contributed by atoms with Gasteiger partial charge in [0, 0.05) is 0 Å². The maximum atomic E-state index is 11.4. The van der Waals surface area contributed by atoms with Gasteiger partial charge in [0.05, 0.1) is 12.1 Å². The lowest BCUT2D eigenvalue weighted by Crippen LogP contribution is -2.44. The molecule has 0 heterocycles. The van der Waals surface area contributed by atoms with Crippen LogP contribution in [0.15, 0.2) is 0 Å². The predicted molar refractivity (Wildman–Crippen MR) is 57.6 cm³/mol. The average molecular weight is 215 g/mol. The Balaban J connectivity index is 2.30. The summed E-state index contributed by atoms with van der Waals surface area (Å²) in [6.45, 7) is 7.24. The summed E-state index contributed by atoms with van der Waals surface area (Å²) in [4.78, 5) is 11.4. The first-order valence-corrected chi connectivity index (χ1v) is 5.47. The lowest BCUT2D eigenvalue weighted by Gasteiger charge is -2.24. The monoisotopic (exact) mass is 215 g/mol. The van der Waals surface area contributed by atoms with Gasteiger partial charge in [-0.15, -0.1) is 0 Å². The molecule has 1 aliphatic rings. The van der Waals surface area contributed by atoms with E-state index in [0.29, 0.717) is 5.92 Å². The minimum Gasteiger partial charge on any atom is -0.444 e. The van der Waals surface area contributed by atoms with E-state index in [0.717, 1.165) is 12.8 Å². The van der Waals surface area contributed by atoms with Crippen molar-refractivity contribution in [3.05, 3.63) is 0 Å². The second-order valence-corrected chi connectivity index (χ2v) is 5.26. The molecule has 4 heteroatoms. The van der Waals surface area contributed by atoms with Crippen LogP contribution in [0.1, 0.15) is 40.5 Å². The molecule has 0 saturated heterocycles. The normalized spacial score (nSPS) is 20.6. The summed E-state index contributed by atoms with van der Waals surface area (Å²) < 4.78 is 5.10. The van der Waals surface area contributed by atoms with Crippen LogP contribution in [-0.2, 0) is 4.74 Å². The highest BCUT2D eigenvalue weighted by atomic mass is 16.6. The van der Waals surface area contributed by atoms with Crippen molar-refractivity contribution in [3.63, 3.8) is 0 Å². The van der Waals surface area contributed by atoms with Crippen LogP contribution in [0, 0.1) is 5.92 Å². The van der Waals surface area contributed by atoms with Crippen molar-refractivity contribution < 1.29 is 14.6 Å². The molecule has 2 atom stereocenters. The van der Waals surface area contributed by atoms with Gasteiger partial charge in [-0.05, 0) is 46.5 Å². The Bertz CT molecular complexity index is 230. The molecule has 0 unspecified atom stereocenters. The molecule has 0 radical (unpaired) electrons.